The van der Waals surface area contributed by atoms with Gasteiger partial charge in [-0.1, -0.05) is 72.9 Å². The summed E-state index contributed by atoms with van der Waals surface area (Å²) < 4.78 is 69.5. The third-order valence-electron chi connectivity index (χ3n) is 7.94. The van der Waals surface area contributed by atoms with Crippen LogP contribution in [0.5, 0.6) is 0 Å². The van der Waals surface area contributed by atoms with Crippen LogP contribution in [0, 0.1) is 13.8 Å². The molecule has 0 spiro atoms. The molecule has 1 unspecified atom stereocenters. The molecule has 2 amide bonds. The van der Waals surface area contributed by atoms with Gasteiger partial charge in [0.05, 0.1) is 16.1 Å². The Hall–Kier alpha value is -3.86. The Labute approximate surface area is 257 Å². The molecule has 7 nitrogen and oxygen atoms in total. The highest BCUT2D eigenvalue weighted by Crippen LogP contribution is 2.33. The van der Waals surface area contributed by atoms with Gasteiger partial charge in [0.1, 0.15) is 12.6 Å². The monoisotopic (exact) mass is 629 g/mol. The predicted molar refractivity (Wildman–Crippen MR) is 163 cm³/mol. The van der Waals surface area contributed by atoms with Gasteiger partial charge in [-0.2, -0.15) is 13.2 Å². The molecule has 4 rings (SSSR count). The molecule has 1 saturated carbocycles. The van der Waals surface area contributed by atoms with E-state index in [1.54, 1.807) is 26.0 Å². The van der Waals surface area contributed by atoms with E-state index in [0.717, 1.165) is 55.4 Å². The van der Waals surface area contributed by atoms with Crippen LogP contribution in [-0.2, 0) is 32.3 Å². The quantitative estimate of drug-likeness (QED) is 0.282. The summed E-state index contributed by atoms with van der Waals surface area (Å²) in [5.41, 5.74) is 1.13. The third kappa shape index (κ3) is 8.19. The van der Waals surface area contributed by atoms with Crippen LogP contribution in [0.15, 0.2) is 77.7 Å². The summed E-state index contributed by atoms with van der Waals surface area (Å²) in [5.74, 6) is -1.10. The van der Waals surface area contributed by atoms with E-state index < -0.39 is 40.3 Å². The molecule has 44 heavy (non-hydrogen) atoms. The van der Waals surface area contributed by atoms with Crippen molar-refractivity contribution in [1.29, 1.82) is 0 Å². The van der Waals surface area contributed by atoms with Crippen LogP contribution in [0.2, 0.25) is 0 Å². The number of anilines is 1. The summed E-state index contributed by atoms with van der Waals surface area (Å²) in [6.07, 6.45) is 0.0244. The standard InChI is InChI=1S/C33H38F3N3O4S/c1-23-12-16-26(17-13-23)21-38(25(3)32(41)37-28-9-5-4-6-10-28)31(40)22-39(29-11-7-8-27(20-29)33(34,35)36)44(42,43)30-18-14-24(2)15-19-30/h7-8,11-20,25,28H,4-6,9-10,21-22H2,1-3H3,(H,37,41). The second-order valence-electron chi connectivity index (χ2n) is 11.4. The summed E-state index contributed by atoms with van der Waals surface area (Å²) in [5, 5.41) is 3.03. The molecule has 3 aromatic rings. The van der Waals surface area contributed by atoms with E-state index in [-0.39, 0.29) is 29.1 Å². The first-order valence-corrected chi connectivity index (χ1v) is 16.1. The Bertz CT molecular complexity index is 1550. The van der Waals surface area contributed by atoms with Crippen molar-refractivity contribution in [2.45, 2.75) is 82.6 Å². The molecule has 0 radical (unpaired) electrons. The van der Waals surface area contributed by atoms with Gasteiger partial charge in [-0.05, 0) is 69.5 Å². The first kappa shape index (κ1) is 33.0. The maximum absolute atomic E-state index is 14.1. The molecule has 0 saturated heterocycles. The van der Waals surface area contributed by atoms with Gasteiger partial charge in [-0.25, -0.2) is 8.42 Å². The Kier molecular flexibility index (Phi) is 10.4. The average Bonchev–Trinajstić information content (AvgIpc) is 2.99. The van der Waals surface area contributed by atoms with Crippen molar-refractivity contribution in [3.8, 4) is 0 Å². The zero-order valence-corrected chi connectivity index (χ0v) is 25.9. The second-order valence-corrected chi connectivity index (χ2v) is 13.3. The van der Waals surface area contributed by atoms with Crippen LogP contribution in [0.25, 0.3) is 0 Å². The number of hydrogen-bond donors (Lipinski definition) is 1. The van der Waals surface area contributed by atoms with Gasteiger partial charge in [0.15, 0.2) is 0 Å². The van der Waals surface area contributed by atoms with E-state index in [9.17, 15) is 31.2 Å². The molecule has 1 atom stereocenters. The molecule has 0 heterocycles. The largest absolute Gasteiger partial charge is 0.416 e. The summed E-state index contributed by atoms with van der Waals surface area (Å²) in [6, 6.07) is 16.1. The number of amides is 2. The Balaban J connectivity index is 1.72. The SMILES string of the molecule is Cc1ccc(CN(C(=O)CN(c2cccc(C(F)(F)F)c2)S(=O)(=O)c2ccc(C)cc2)C(C)C(=O)NC2CCCCC2)cc1. The number of hydrogen-bond acceptors (Lipinski definition) is 4. The summed E-state index contributed by atoms with van der Waals surface area (Å²) in [4.78, 5) is 28.6. The molecule has 1 aliphatic carbocycles. The number of nitrogens with zero attached hydrogens (tertiary/aromatic N) is 2. The van der Waals surface area contributed by atoms with Crippen molar-refractivity contribution in [1.82, 2.24) is 10.2 Å². The number of nitrogens with one attached hydrogen (secondary N) is 1. The minimum atomic E-state index is -4.73. The zero-order valence-electron chi connectivity index (χ0n) is 25.1. The van der Waals surface area contributed by atoms with Crippen molar-refractivity contribution in [3.05, 3.63) is 95.1 Å². The summed E-state index contributed by atoms with van der Waals surface area (Å²) >= 11 is 0. The van der Waals surface area contributed by atoms with Crippen LogP contribution in [-0.4, -0.2) is 43.8 Å². The highest BCUT2D eigenvalue weighted by atomic mass is 32.2. The molecule has 1 aliphatic rings. The molecule has 236 valence electrons. The number of halogens is 3. The molecule has 0 aliphatic heterocycles. The first-order valence-electron chi connectivity index (χ1n) is 14.7. The Morgan fingerprint density at radius 1 is 0.909 bits per heavy atom. The Morgan fingerprint density at radius 3 is 2.09 bits per heavy atom. The fourth-order valence-corrected chi connectivity index (χ4v) is 6.65. The number of benzene rings is 3. The van der Waals surface area contributed by atoms with Crippen molar-refractivity contribution >= 4 is 27.5 Å². The van der Waals surface area contributed by atoms with Crippen molar-refractivity contribution in [3.63, 3.8) is 0 Å². The van der Waals surface area contributed by atoms with Gasteiger partial charge < -0.3 is 10.2 Å². The molecular formula is C33H38F3N3O4S. The molecule has 0 bridgehead atoms. The average molecular weight is 630 g/mol. The van der Waals surface area contributed by atoms with Crippen LogP contribution in [0.3, 0.4) is 0 Å². The van der Waals surface area contributed by atoms with E-state index >= 15 is 0 Å². The van der Waals surface area contributed by atoms with Gasteiger partial charge in [-0.3, -0.25) is 13.9 Å². The lowest BCUT2D eigenvalue weighted by atomic mass is 9.95. The van der Waals surface area contributed by atoms with Gasteiger partial charge in [0.25, 0.3) is 10.0 Å². The number of alkyl halides is 3. The summed E-state index contributed by atoms with van der Waals surface area (Å²) in [7, 11) is -4.49. The molecule has 1 N–H and O–H groups in total. The molecule has 3 aromatic carbocycles. The summed E-state index contributed by atoms with van der Waals surface area (Å²) in [6.45, 7) is 4.44. The van der Waals surface area contributed by atoms with Crippen LogP contribution >= 0.6 is 0 Å². The topological polar surface area (TPSA) is 86.8 Å². The van der Waals surface area contributed by atoms with Crippen molar-refractivity contribution < 1.29 is 31.2 Å². The lowest BCUT2D eigenvalue weighted by Gasteiger charge is -2.33. The number of rotatable bonds is 10. The van der Waals surface area contributed by atoms with Crippen LogP contribution < -0.4 is 9.62 Å². The maximum Gasteiger partial charge on any atom is 0.416 e. The fraction of sp³-hybridized carbons (Fsp3) is 0.394. The Morgan fingerprint density at radius 2 is 1.50 bits per heavy atom. The normalized spacial score (nSPS) is 15.0. The second kappa shape index (κ2) is 13.8. The first-order chi connectivity index (χ1) is 20.8. The van der Waals surface area contributed by atoms with E-state index in [1.807, 2.05) is 31.2 Å². The maximum atomic E-state index is 14.1. The molecule has 1 fully saturated rings. The smallest absolute Gasteiger partial charge is 0.352 e. The number of carbonyl (C=O) groups excluding carboxylic acids is 2. The van der Waals surface area contributed by atoms with Crippen molar-refractivity contribution in [2.24, 2.45) is 0 Å². The van der Waals surface area contributed by atoms with Gasteiger partial charge in [-0.15, -0.1) is 0 Å². The van der Waals surface area contributed by atoms with E-state index in [4.69, 9.17) is 0 Å². The van der Waals surface area contributed by atoms with Crippen LogP contribution in [0.4, 0.5) is 18.9 Å². The lowest BCUT2D eigenvalue weighted by Crippen LogP contribution is -2.53. The number of carbonyl (C=O) groups is 2. The highest BCUT2D eigenvalue weighted by Gasteiger charge is 2.35. The lowest BCUT2D eigenvalue weighted by molar-refractivity contribution is -0.139. The van der Waals surface area contributed by atoms with E-state index in [2.05, 4.69) is 5.32 Å². The zero-order chi connectivity index (χ0) is 32.1. The molecular weight excluding hydrogens is 591 g/mol. The van der Waals surface area contributed by atoms with E-state index in [0.29, 0.717) is 15.9 Å². The molecule has 11 heteroatoms. The van der Waals surface area contributed by atoms with Gasteiger partial charge in [0, 0.05) is 12.6 Å². The van der Waals surface area contributed by atoms with Gasteiger partial charge >= 0.3 is 6.18 Å². The van der Waals surface area contributed by atoms with Crippen molar-refractivity contribution in [2.75, 3.05) is 10.8 Å². The third-order valence-corrected chi connectivity index (χ3v) is 9.73. The molecule has 0 aromatic heterocycles. The number of sulfonamides is 1. The van der Waals surface area contributed by atoms with E-state index in [1.165, 1.54) is 23.1 Å². The predicted octanol–water partition coefficient (Wildman–Crippen LogP) is 6.38. The minimum Gasteiger partial charge on any atom is -0.352 e. The number of aryl methyl sites for hydroxylation is 2. The van der Waals surface area contributed by atoms with Crippen LogP contribution in [0.1, 0.15) is 61.3 Å². The van der Waals surface area contributed by atoms with Gasteiger partial charge in [0.2, 0.25) is 11.8 Å². The fourth-order valence-electron chi connectivity index (χ4n) is 5.25. The minimum absolute atomic E-state index is 0.000618. The highest BCUT2D eigenvalue weighted by molar-refractivity contribution is 7.92.